The normalized spacial score (nSPS) is 12.7. The van der Waals surface area contributed by atoms with Gasteiger partial charge in [-0.05, 0) is 35.9 Å². The Morgan fingerprint density at radius 1 is 1.44 bits per heavy atom. The SMILES string of the molecule is N#Cc1cc2c([nH]c1=O)-c1ccsc1CC2. The molecule has 0 aliphatic heterocycles. The van der Waals surface area contributed by atoms with Crippen molar-refractivity contribution >= 4 is 11.3 Å². The molecule has 2 aromatic heterocycles. The summed E-state index contributed by atoms with van der Waals surface area (Å²) in [6.07, 6.45) is 1.89. The fraction of sp³-hybridized carbons (Fsp3) is 0.167. The van der Waals surface area contributed by atoms with Crippen molar-refractivity contribution in [3.8, 4) is 17.3 Å². The van der Waals surface area contributed by atoms with E-state index in [1.165, 1.54) is 4.88 Å². The van der Waals surface area contributed by atoms with Crippen molar-refractivity contribution in [2.45, 2.75) is 12.8 Å². The van der Waals surface area contributed by atoms with E-state index in [0.717, 1.165) is 29.7 Å². The second kappa shape index (κ2) is 3.32. The highest BCUT2D eigenvalue weighted by molar-refractivity contribution is 7.10. The molecule has 0 amide bonds. The number of thiophene rings is 1. The minimum atomic E-state index is -0.291. The first-order valence-corrected chi connectivity index (χ1v) is 5.90. The Balaban J connectivity index is 2.32. The second-order valence-corrected chi connectivity index (χ2v) is 4.78. The zero-order valence-electron chi connectivity index (χ0n) is 8.41. The Bertz CT molecular complexity index is 660. The van der Waals surface area contributed by atoms with Gasteiger partial charge in [0, 0.05) is 10.4 Å². The van der Waals surface area contributed by atoms with Gasteiger partial charge >= 0.3 is 0 Å². The number of fused-ring (bicyclic) bond motifs is 3. The highest BCUT2D eigenvalue weighted by atomic mass is 32.1. The molecule has 0 bridgehead atoms. The fourth-order valence-electron chi connectivity index (χ4n) is 2.10. The Hall–Kier alpha value is -1.86. The summed E-state index contributed by atoms with van der Waals surface area (Å²) in [5.41, 5.74) is 3.00. The Morgan fingerprint density at radius 2 is 2.31 bits per heavy atom. The molecule has 0 fully saturated rings. The fourth-order valence-corrected chi connectivity index (χ4v) is 2.98. The molecule has 3 nitrogen and oxygen atoms in total. The standard InChI is InChI=1S/C12H8N2OS/c13-6-8-5-7-1-2-10-9(3-4-16-10)11(7)14-12(8)15/h3-5H,1-2H2,(H,14,15). The molecular formula is C12H8N2OS. The number of H-pyrrole nitrogens is 1. The summed E-state index contributed by atoms with van der Waals surface area (Å²) in [6, 6.07) is 5.67. The van der Waals surface area contributed by atoms with Crippen LogP contribution < -0.4 is 5.56 Å². The Kier molecular flexibility index (Phi) is 1.95. The molecule has 1 N–H and O–H groups in total. The molecule has 0 spiro atoms. The van der Waals surface area contributed by atoms with Crippen LogP contribution in [0.1, 0.15) is 16.0 Å². The monoisotopic (exact) mass is 228 g/mol. The van der Waals surface area contributed by atoms with Gasteiger partial charge in [-0.15, -0.1) is 11.3 Å². The lowest BCUT2D eigenvalue weighted by Crippen LogP contribution is -2.15. The first kappa shape index (κ1) is 9.37. The second-order valence-electron chi connectivity index (χ2n) is 3.78. The van der Waals surface area contributed by atoms with E-state index >= 15 is 0 Å². The van der Waals surface area contributed by atoms with Crippen molar-refractivity contribution < 1.29 is 0 Å². The van der Waals surface area contributed by atoms with Gasteiger partial charge in [-0.3, -0.25) is 4.79 Å². The van der Waals surface area contributed by atoms with E-state index in [4.69, 9.17) is 5.26 Å². The molecule has 0 atom stereocenters. The third kappa shape index (κ3) is 1.22. The van der Waals surface area contributed by atoms with Gasteiger partial charge in [-0.2, -0.15) is 5.26 Å². The van der Waals surface area contributed by atoms with Crippen molar-refractivity contribution in [3.05, 3.63) is 43.9 Å². The van der Waals surface area contributed by atoms with Crippen LogP contribution >= 0.6 is 11.3 Å². The van der Waals surface area contributed by atoms with Gasteiger partial charge in [0.1, 0.15) is 11.6 Å². The summed E-state index contributed by atoms with van der Waals surface area (Å²) in [7, 11) is 0. The molecule has 16 heavy (non-hydrogen) atoms. The molecule has 0 unspecified atom stereocenters. The molecule has 0 saturated carbocycles. The molecule has 2 aromatic rings. The van der Waals surface area contributed by atoms with Crippen LogP contribution in [0.5, 0.6) is 0 Å². The molecule has 1 aliphatic rings. The minimum absolute atomic E-state index is 0.206. The van der Waals surface area contributed by atoms with E-state index in [-0.39, 0.29) is 11.1 Å². The lowest BCUT2D eigenvalue weighted by Gasteiger charge is -2.15. The van der Waals surface area contributed by atoms with Gasteiger partial charge in [0.15, 0.2) is 0 Å². The first-order valence-electron chi connectivity index (χ1n) is 5.02. The van der Waals surface area contributed by atoms with Crippen molar-refractivity contribution in [1.82, 2.24) is 4.98 Å². The van der Waals surface area contributed by atoms with E-state index in [1.807, 2.05) is 17.5 Å². The Labute approximate surface area is 96.0 Å². The number of aromatic nitrogens is 1. The maximum Gasteiger partial charge on any atom is 0.266 e. The average Bonchev–Trinajstić information content (AvgIpc) is 2.76. The molecule has 2 heterocycles. The lowest BCUT2D eigenvalue weighted by atomic mass is 9.94. The highest BCUT2D eigenvalue weighted by Gasteiger charge is 2.19. The van der Waals surface area contributed by atoms with E-state index in [9.17, 15) is 4.79 Å². The van der Waals surface area contributed by atoms with Gasteiger partial charge in [0.25, 0.3) is 5.56 Å². The molecule has 0 radical (unpaired) electrons. The van der Waals surface area contributed by atoms with Crippen LogP contribution in [-0.2, 0) is 12.8 Å². The molecule has 3 rings (SSSR count). The number of aryl methyl sites for hydroxylation is 2. The first-order chi connectivity index (χ1) is 7.79. The predicted molar refractivity (Wildman–Crippen MR) is 62.5 cm³/mol. The van der Waals surface area contributed by atoms with Crippen LogP contribution in [0.15, 0.2) is 22.3 Å². The van der Waals surface area contributed by atoms with Crippen LogP contribution in [0, 0.1) is 11.3 Å². The van der Waals surface area contributed by atoms with Crippen molar-refractivity contribution in [2.75, 3.05) is 0 Å². The van der Waals surface area contributed by atoms with E-state index < -0.39 is 0 Å². The zero-order chi connectivity index (χ0) is 11.1. The summed E-state index contributed by atoms with van der Waals surface area (Å²) in [5, 5.41) is 10.8. The lowest BCUT2D eigenvalue weighted by molar-refractivity contribution is 0.940. The zero-order valence-corrected chi connectivity index (χ0v) is 9.23. The van der Waals surface area contributed by atoms with Crippen LogP contribution in [0.4, 0.5) is 0 Å². The maximum atomic E-state index is 11.6. The predicted octanol–water partition coefficient (Wildman–Crippen LogP) is 2.07. The molecule has 0 saturated heterocycles. The summed E-state index contributed by atoms with van der Waals surface area (Å²) in [4.78, 5) is 15.7. The van der Waals surface area contributed by atoms with E-state index in [1.54, 1.807) is 17.4 Å². The molecule has 0 aromatic carbocycles. The molecule has 4 heteroatoms. The highest BCUT2D eigenvalue weighted by Crippen LogP contribution is 2.34. The molecule has 78 valence electrons. The number of nitrogens with one attached hydrogen (secondary N) is 1. The number of nitrogens with zero attached hydrogens (tertiary/aromatic N) is 1. The summed E-state index contributed by atoms with van der Waals surface area (Å²) in [6.45, 7) is 0. The molecular weight excluding hydrogens is 220 g/mol. The van der Waals surface area contributed by atoms with Crippen LogP contribution in [-0.4, -0.2) is 4.98 Å². The van der Waals surface area contributed by atoms with E-state index in [2.05, 4.69) is 4.98 Å². The van der Waals surface area contributed by atoms with Gasteiger partial charge in [0.05, 0.1) is 5.69 Å². The van der Waals surface area contributed by atoms with Gasteiger partial charge in [-0.1, -0.05) is 0 Å². The van der Waals surface area contributed by atoms with Gasteiger partial charge < -0.3 is 4.98 Å². The van der Waals surface area contributed by atoms with Crippen molar-refractivity contribution in [2.24, 2.45) is 0 Å². The third-order valence-electron chi connectivity index (χ3n) is 2.88. The largest absolute Gasteiger partial charge is 0.321 e. The number of hydrogen-bond acceptors (Lipinski definition) is 3. The summed E-state index contributed by atoms with van der Waals surface area (Å²) in [5.74, 6) is 0. The van der Waals surface area contributed by atoms with Crippen LogP contribution in [0.3, 0.4) is 0 Å². The minimum Gasteiger partial charge on any atom is -0.321 e. The molecule has 1 aliphatic carbocycles. The van der Waals surface area contributed by atoms with Crippen LogP contribution in [0.2, 0.25) is 0 Å². The summed E-state index contributed by atoms with van der Waals surface area (Å²) < 4.78 is 0. The Morgan fingerprint density at radius 3 is 3.12 bits per heavy atom. The maximum absolute atomic E-state index is 11.6. The number of pyridine rings is 1. The van der Waals surface area contributed by atoms with Gasteiger partial charge in [0.2, 0.25) is 0 Å². The topological polar surface area (TPSA) is 56.6 Å². The number of hydrogen-bond donors (Lipinski definition) is 1. The van der Waals surface area contributed by atoms with Crippen molar-refractivity contribution in [3.63, 3.8) is 0 Å². The average molecular weight is 228 g/mol. The van der Waals surface area contributed by atoms with Crippen molar-refractivity contribution in [1.29, 1.82) is 5.26 Å². The number of aromatic amines is 1. The summed E-state index contributed by atoms with van der Waals surface area (Å²) >= 11 is 1.72. The number of rotatable bonds is 0. The smallest absolute Gasteiger partial charge is 0.266 e. The quantitative estimate of drug-likeness (QED) is 0.750. The number of nitriles is 1. The van der Waals surface area contributed by atoms with Crippen LogP contribution in [0.25, 0.3) is 11.3 Å². The third-order valence-corrected chi connectivity index (χ3v) is 3.86. The van der Waals surface area contributed by atoms with E-state index in [0.29, 0.717) is 0 Å². The van der Waals surface area contributed by atoms with Gasteiger partial charge in [-0.25, -0.2) is 0 Å².